The quantitative estimate of drug-likeness (QED) is 0.864. The maximum Gasteiger partial charge on any atom is 0.125 e. The van der Waals surface area contributed by atoms with Crippen molar-refractivity contribution in [2.45, 2.75) is 20.0 Å². The van der Waals surface area contributed by atoms with E-state index in [2.05, 4.69) is 23.2 Å². The number of hydrogen-bond donors (Lipinski definition) is 1. The van der Waals surface area contributed by atoms with E-state index >= 15 is 0 Å². The van der Waals surface area contributed by atoms with Crippen LogP contribution in [0.5, 0.6) is 0 Å². The van der Waals surface area contributed by atoms with Crippen LogP contribution in [0.15, 0.2) is 34.5 Å². The first-order valence-corrected chi connectivity index (χ1v) is 5.69. The van der Waals surface area contributed by atoms with Crippen LogP contribution in [-0.4, -0.2) is 18.7 Å². The van der Waals surface area contributed by atoms with Gasteiger partial charge >= 0.3 is 0 Å². The Morgan fingerprint density at radius 1 is 1.41 bits per heavy atom. The molecule has 0 spiro atoms. The van der Waals surface area contributed by atoms with Crippen molar-refractivity contribution in [1.82, 2.24) is 0 Å². The lowest BCUT2D eigenvalue weighted by atomic mass is 9.96. The van der Waals surface area contributed by atoms with E-state index in [1.165, 1.54) is 0 Å². The van der Waals surface area contributed by atoms with E-state index in [-0.39, 0.29) is 5.92 Å². The predicted octanol–water partition coefficient (Wildman–Crippen LogP) is 1.93. The molecule has 1 atom stereocenters. The average molecular weight is 231 g/mol. The molecule has 1 unspecified atom stereocenters. The third-order valence-corrected chi connectivity index (χ3v) is 2.86. The molecule has 0 fully saturated rings. The van der Waals surface area contributed by atoms with Crippen LogP contribution in [0.3, 0.4) is 0 Å². The molecule has 1 aliphatic heterocycles. The van der Waals surface area contributed by atoms with Gasteiger partial charge in [0, 0.05) is 19.4 Å². The zero-order valence-electron chi connectivity index (χ0n) is 10.2. The summed E-state index contributed by atoms with van der Waals surface area (Å²) < 4.78 is 5.12. The van der Waals surface area contributed by atoms with Crippen LogP contribution in [0, 0.1) is 5.92 Å². The highest BCUT2D eigenvalue weighted by molar-refractivity contribution is 6.04. The molecule has 2 rings (SSSR count). The number of hydrogen-bond acceptors (Lipinski definition) is 4. The van der Waals surface area contributed by atoms with Gasteiger partial charge in [-0.25, -0.2) is 0 Å². The summed E-state index contributed by atoms with van der Waals surface area (Å²) in [4.78, 5) is 0. The molecular formula is C13H17N3O. The van der Waals surface area contributed by atoms with E-state index in [4.69, 9.17) is 10.5 Å². The first-order chi connectivity index (χ1) is 8.20. The van der Waals surface area contributed by atoms with Crippen molar-refractivity contribution in [2.24, 2.45) is 21.9 Å². The van der Waals surface area contributed by atoms with E-state index < -0.39 is 0 Å². The van der Waals surface area contributed by atoms with Gasteiger partial charge < -0.3 is 10.5 Å². The Morgan fingerprint density at radius 3 is 2.94 bits per heavy atom. The molecule has 0 saturated carbocycles. The fraction of sp³-hybridized carbons (Fsp3) is 0.385. The Morgan fingerprint density at radius 2 is 2.24 bits per heavy atom. The van der Waals surface area contributed by atoms with Crippen LogP contribution in [0.4, 0.5) is 0 Å². The first kappa shape index (κ1) is 11.8. The summed E-state index contributed by atoms with van der Waals surface area (Å²) in [5, 5.41) is 8.17. The maximum absolute atomic E-state index is 5.72. The highest BCUT2D eigenvalue weighted by Crippen LogP contribution is 2.17. The molecule has 1 heterocycles. The fourth-order valence-corrected chi connectivity index (χ4v) is 1.83. The van der Waals surface area contributed by atoms with Crippen molar-refractivity contribution in [3.63, 3.8) is 0 Å². The highest BCUT2D eigenvalue weighted by atomic mass is 16.5. The van der Waals surface area contributed by atoms with Crippen molar-refractivity contribution in [2.75, 3.05) is 7.11 Å². The standard InChI is InChI=1S/C13H17N3O/c1-9-6-12(15-16-13(9)14)11-5-3-4-10(7-11)8-17-2/h3-5,7,9H,6,8H2,1-2H3,(H2,14,16). The van der Waals surface area contributed by atoms with Gasteiger partial charge in [0.05, 0.1) is 12.3 Å². The van der Waals surface area contributed by atoms with Crippen LogP contribution in [0.25, 0.3) is 0 Å². The highest BCUT2D eigenvalue weighted by Gasteiger charge is 2.17. The Bertz CT molecular complexity index is 465. The zero-order chi connectivity index (χ0) is 12.3. The van der Waals surface area contributed by atoms with Gasteiger partial charge in [-0.1, -0.05) is 25.1 Å². The fourth-order valence-electron chi connectivity index (χ4n) is 1.83. The second kappa shape index (κ2) is 5.10. The van der Waals surface area contributed by atoms with Crippen LogP contribution in [0.2, 0.25) is 0 Å². The summed E-state index contributed by atoms with van der Waals surface area (Å²) in [5.41, 5.74) is 8.95. The van der Waals surface area contributed by atoms with Crippen LogP contribution in [-0.2, 0) is 11.3 Å². The summed E-state index contributed by atoms with van der Waals surface area (Å²) in [6, 6.07) is 8.18. The average Bonchev–Trinajstić information content (AvgIpc) is 2.33. The lowest BCUT2D eigenvalue weighted by Gasteiger charge is -2.16. The number of benzene rings is 1. The zero-order valence-corrected chi connectivity index (χ0v) is 10.2. The minimum absolute atomic E-state index is 0.258. The molecule has 1 aromatic carbocycles. The molecule has 0 saturated heterocycles. The van der Waals surface area contributed by atoms with Gasteiger partial charge in [0.1, 0.15) is 5.84 Å². The molecule has 0 aliphatic carbocycles. The molecule has 0 amide bonds. The number of nitrogens with two attached hydrogens (primary N) is 1. The number of amidine groups is 1. The Kier molecular flexibility index (Phi) is 3.54. The summed E-state index contributed by atoms with van der Waals surface area (Å²) >= 11 is 0. The lowest BCUT2D eigenvalue weighted by Crippen LogP contribution is -2.26. The molecular weight excluding hydrogens is 214 g/mol. The van der Waals surface area contributed by atoms with Crippen LogP contribution < -0.4 is 5.73 Å². The van der Waals surface area contributed by atoms with Gasteiger partial charge in [-0.05, 0) is 17.2 Å². The number of rotatable bonds is 3. The smallest absolute Gasteiger partial charge is 0.125 e. The maximum atomic E-state index is 5.72. The molecule has 4 nitrogen and oxygen atoms in total. The summed E-state index contributed by atoms with van der Waals surface area (Å²) in [7, 11) is 1.69. The van der Waals surface area contributed by atoms with E-state index in [1.807, 2.05) is 18.2 Å². The van der Waals surface area contributed by atoms with Crippen molar-refractivity contribution in [3.8, 4) is 0 Å². The van der Waals surface area contributed by atoms with Gasteiger partial charge in [-0.15, -0.1) is 5.10 Å². The number of nitrogens with zero attached hydrogens (tertiary/aromatic N) is 2. The summed E-state index contributed by atoms with van der Waals surface area (Å²) in [5.74, 6) is 0.871. The van der Waals surface area contributed by atoms with Gasteiger partial charge in [-0.3, -0.25) is 0 Å². The molecule has 0 bridgehead atoms. The molecule has 17 heavy (non-hydrogen) atoms. The first-order valence-electron chi connectivity index (χ1n) is 5.69. The third-order valence-electron chi connectivity index (χ3n) is 2.86. The monoisotopic (exact) mass is 231 g/mol. The third kappa shape index (κ3) is 2.71. The molecule has 1 aromatic rings. The van der Waals surface area contributed by atoms with Gasteiger partial charge in [-0.2, -0.15) is 5.10 Å². The topological polar surface area (TPSA) is 60.0 Å². The Labute approximate surface area is 101 Å². The predicted molar refractivity (Wildman–Crippen MR) is 69.1 cm³/mol. The molecule has 1 aliphatic rings. The van der Waals surface area contributed by atoms with Gasteiger partial charge in [0.2, 0.25) is 0 Å². The lowest BCUT2D eigenvalue weighted by molar-refractivity contribution is 0.185. The van der Waals surface area contributed by atoms with E-state index in [9.17, 15) is 0 Å². The SMILES string of the molecule is COCc1cccc(C2=NN=C(N)C(C)C2)c1. The number of ether oxygens (including phenoxy) is 1. The van der Waals surface area contributed by atoms with Crippen molar-refractivity contribution in [3.05, 3.63) is 35.4 Å². The molecule has 4 heteroatoms. The van der Waals surface area contributed by atoms with Gasteiger partial charge in [0.15, 0.2) is 0 Å². The minimum Gasteiger partial charge on any atom is -0.385 e. The minimum atomic E-state index is 0.258. The van der Waals surface area contributed by atoms with Crippen molar-refractivity contribution in [1.29, 1.82) is 0 Å². The second-order valence-electron chi connectivity index (χ2n) is 4.31. The second-order valence-corrected chi connectivity index (χ2v) is 4.31. The molecule has 90 valence electrons. The van der Waals surface area contributed by atoms with Crippen molar-refractivity contribution >= 4 is 11.5 Å². The van der Waals surface area contributed by atoms with Crippen LogP contribution >= 0.6 is 0 Å². The normalized spacial score (nSPS) is 19.8. The number of methoxy groups -OCH3 is 1. The Hall–Kier alpha value is -1.68. The summed E-state index contributed by atoms with van der Waals surface area (Å²) in [6.45, 7) is 2.68. The molecule has 0 radical (unpaired) electrons. The largest absolute Gasteiger partial charge is 0.385 e. The summed E-state index contributed by atoms with van der Waals surface area (Å²) in [6.07, 6.45) is 0.839. The Balaban J connectivity index is 2.26. The van der Waals surface area contributed by atoms with Crippen LogP contribution in [0.1, 0.15) is 24.5 Å². The van der Waals surface area contributed by atoms with Gasteiger partial charge in [0.25, 0.3) is 0 Å². The molecule has 2 N–H and O–H groups in total. The van der Waals surface area contributed by atoms with E-state index in [0.29, 0.717) is 12.4 Å². The van der Waals surface area contributed by atoms with E-state index in [1.54, 1.807) is 7.11 Å². The van der Waals surface area contributed by atoms with Crippen molar-refractivity contribution < 1.29 is 4.74 Å². The van der Waals surface area contributed by atoms with E-state index in [0.717, 1.165) is 23.3 Å². The molecule has 0 aromatic heterocycles.